The van der Waals surface area contributed by atoms with Crippen molar-refractivity contribution in [3.8, 4) is 11.4 Å². The second-order valence-corrected chi connectivity index (χ2v) is 8.70. The number of ether oxygens (including phenoxy) is 1. The van der Waals surface area contributed by atoms with Crippen LogP contribution in [0.15, 0.2) is 65.7 Å². The van der Waals surface area contributed by atoms with Crippen molar-refractivity contribution in [3.63, 3.8) is 0 Å². The van der Waals surface area contributed by atoms with Crippen LogP contribution in [0, 0.1) is 13.8 Å². The molecule has 33 heavy (non-hydrogen) atoms. The fourth-order valence-electron chi connectivity index (χ4n) is 3.85. The molecular formula is C25H20N4O3S. The number of carbonyl (C=O) groups is 1. The summed E-state index contributed by atoms with van der Waals surface area (Å²) >= 11 is 1.34. The Bertz CT molecular complexity index is 1600. The number of methoxy groups -OCH3 is 1. The van der Waals surface area contributed by atoms with Crippen LogP contribution in [0.2, 0.25) is 0 Å². The van der Waals surface area contributed by atoms with Gasteiger partial charge in [-0.2, -0.15) is 0 Å². The third kappa shape index (κ3) is 3.74. The molecule has 2 aromatic carbocycles. The standard InChI is InChI=1S/C25H20N4O3S/c1-14-10-15(2)27-24-20(14)21-22(33-24)25(31)29(13-26-21)18-8-4-6-16(11-18)23(30)28-17-7-5-9-19(12-17)32-3/h4-13H,1-3H3,(H,28,30). The average molecular weight is 457 g/mol. The van der Waals surface area contributed by atoms with Crippen molar-refractivity contribution in [1.82, 2.24) is 14.5 Å². The largest absolute Gasteiger partial charge is 0.497 e. The summed E-state index contributed by atoms with van der Waals surface area (Å²) < 4.78 is 7.21. The summed E-state index contributed by atoms with van der Waals surface area (Å²) in [5, 5.41) is 3.77. The maximum Gasteiger partial charge on any atom is 0.275 e. The minimum atomic E-state index is -0.288. The van der Waals surface area contributed by atoms with Gasteiger partial charge in [-0.1, -0.05) is 12.1 Å². The predicted octanol–water partition coefficient (Wildman–Crippen LogP) is 4.87. The normalized spacial score (nSPS) is 11.1. The Morgan fingerprint density at radius 3 is 2.73 bits per heavy atom. The smallest absolute Gasteiger partial charge is 0.275 e. The number of hydrogen-bond acceptors (Lipinski definition) is 6. The Balaban J connectivity index is 1.54. The SMILES string of the molecule is COc1cccc(NC(=O)c2cccc(-n3cnc4c(sc5nc(C)cc(C)c54)c3=O)c2)c1. The molecule has 8 heteroatoms. The van der Waals surface area contributed by atoms with Gasteiger partial charge in [0.05, 0.1) is 18.3 Å². The second-order valence-electron chi connectivity index (χ2n) is 7.70. The highest BCUT2D eigenvalue weighted by Gasteiger charge is 2.16. The molecule has 0 aliphatic rings. The molecule has 1 N–H and O–H groups in total. The summed E-state index contributed by atoms with van der Waals surface area (Å²) in [6.07, 6.45) is 1.51. The summed E-state index contributed by atoms with van der Waals surface area (Å²) in [6, 6.07) is 16.0. The number of carbonyl (C=O) groups excluding carboxylic acids is 1. The minimum absolute atomic E-state index is 0.189. The fraction of sp³-hybridized carbons (Fsp3) is 0.120. The first-order chi connectivity index (χ1) is 15.9. The Morgan fingerprint density at radius 2 is 1.91 bits per heavy atom. The lowest BCUT2D eigenvalue weighted by molar-refractivity contribution is 0.102. The second kappa shape index (κ2) is 8.14. The summed E-state index contributed by atoms with van der Waals surface area (Å²) in [7, 11) is 1.57. The molecule has 3 aromatic heterocycles. The molecular weight excluding hydrogens is 436 g/mol. The zero-order valence-corrected chi connectivity index (χ0v) is 19.1. The van der Waals surface area contributed by atoms with Gasteiger partial charge in [0.25, 0.3) is 11.5 Å². The van der Waals surface area contributed by atoms with Gasteiger partial charge in [0.15, 0.2) is 0 Å². The number of thiophene rings is 1. The number of rotatable bonds is 4. The highest BCUT2D eigenvalue weighted by atomic mass is 32.1. The number of nitrogens with one attached hydrogen (secondary N) is 1. The molecule has 0 unspecified atom stereocenters. The molecule has 0 saturated carbocycles. The van der Waals surface area contributed by atoms with E-state index < -0.39 is 0 Å². The molecule has 1 amide bonds. The van der Waals surface area contributed by atoms with Crippen LogP contribution in [-0.2, 0) is 0 Å². The van der Waals surface area contributed by atoms with Crippen LogP contribution < -0.4 is 15.6 Å². The molecule has 0 radical (unpaired) electrons. The molecule has 5 aromatic rings. The van der Waals surface area contributed by atoms with Gasteiger partial charge in [-0.25, -0.2) is 9.97 Å². The first kappa shape index (κ1) is 20.8. The van der Waals surface area contributed by atoms with Crippen molar-refractivity contribution in [2.24, 2.45) is 0 Å². The predicted molar refractivity (Wildman–Crippen MR) is 131 cm³/mol. The Kier molecular flexibility index (Phi) is 5.14. The molecule has 164 valence electrons. The van der Waals surface area contributed by atoms with E-state index in [4.69, 9.17) is 4.74 Å². The van der Waals surface area contributed by atoms with Gasteiger partial charge in [0, 0.05) is 28.4 Å². The Labute approximate surface area is 193 Å². The van der Waals surface area contributed by atoms with Crippen molar-refractivity contribution in [2.75, 3.05) is 12.4 Å². The summed E-state index contributed by atoms with van der Waals surface area (Å²) in [5.74, 6) is 0.361. The number of hydrogen-bond donors (Lipinski definition) is 1. The van der Waals surface area contributed by atoms with Crippen molar-refractivity contribution >= 4 is 43.4 Å². The van der Waals surface area contributed by atoms with Gasteiger partial charge >= 0.3 is 0 Å². The highest BCUT2D eigenvalue weighted by Crippen LogP contribution is 2.32. The van der Waals surface area contributed by atoms with E-state index in [1.165, 1.54) is 22.2 Å². The van der Waals surface area contributed by atoms with Crippen LogP contribution in [0.3, 0.4) is 0 Å². The zero-order chi connectivity index (χ0) is 23.1. The van der Waals surface area contributed by atoms with E-state index >= 15 is 0 Å². The Hall–Kier alpha value is -4.04. The van der Waals surface area contributed by atoms with Gasteiger partial charge in [-0.15, -0.1) is 11.3 Å². The fourth-order valence-corrected chi connectivity index (χ4v) is 5.03. The lowest BCUT2D eigenvalue weighted by Crippen LogP contribution is -2.19. The van der Waals surface area contributed by atoms with Crippen LogP contribution >= 0.6 is 11.3 Å². The van der Waals surface area contributed by atoms with Crippen molar-refractivity contribution in [3.05, 3.63) is 88.1 Å². The van der Waals surface area contributed by atoms with E-state index in [1.54, 1.807) is 55.6 Å². The minimum Gasteiger partial charge on any atom is -0.497 e. The third-order valence-electron chi connectivity index (χ3n) is 5.39. The molecule has 0 saturated heterocycles. The monoisotopic (exact) mass is 456 g/mol. The quantitative estimate of drug-likeness (QED) is 0.417. The first-order valence-electron chi connectivity index (χ1n) is 10.3. The average Bonchev–Trinajstić information content (AvgIpc) is 3.19. The number of amides is 1. The molecule has 0 atom stereocenters. The molecule has 3 heterocycles. The van der Waals surface area contributed by atoms with Gasteiger partial charge in [-0.05, 0) is 55.8 Å². The molecule has 0 fully saturated rings. The summed E-state index contributed by atoms with van der Waals surface area (Å²) in [6.45, 7) is 3.94. The Morgan fingerprint density at radius 1 is 1.09 bits per heavy atom. The van der Waals surface area contributed by atoms with E-state index in [9.17, 15) is 9.59 Å². The lowest BCUT2D eigenvalue weighted by Gasteiger charge is -2.09. The summed E-state index contributed by atoms with van der Waals surface area (Å²) in [5.41, 5.74) is 4.02. The number of fused-ring (bicyclic) bond motifs is 3. The molecule has 0 aliphatic heterocycles. The van der Waals surface area contributed by atoms with Crippen molar-refractivity contribution in [1.29, 1.82) is 0 Å². The van der Waals surface area contributed by atoms with Crippen LogP contribution in [0.4, 0.5) is 5.69 Å². The number of nitrogens with zero attached hydrogens (tertiary/aromatic N) is 3. The zero-order valence-electron chi connectivity index (χ0n) is 18.2. The third-order valence-corrected chi connectivity index (χ3v) is 6.45. The molecule has 5 rings (SSSR count). The van der Waals surface area contributed by atoms with Crippen LogP contribution in [0.5, 0.6) is 5.75 Å². The number of aromatic nitrogens is 3. The first-order valence-corrected chi connectivity index (χ1v) is 11.1. The van der Waals surface area contributed by atoms with Gasteiger partial charge < -0.3 is 10.1 Å². The van der Waals surface area contributed by atoms with E-state index in [0.29, 0.717) is 32.9 Å². The van der Waals surface area contributed by atoms with Crippen LogP contribution in [-0.4, -0.2) is 27.6 Å². The summed E-state index contributed by atoms with van der Waals surface area (Å²) in [4.78, 5) is 36.1. The number of benzene rings is 2. The van der Waals surface area contributed by atoms with Gasteiger partial charge in [0.2, 0.25) is 0 Å². The maximum absolute atomic E-state index is 13.3. The molecule has 0 bridgehead atoms. The number of aryl methyl sites for hydroxylation is 2. The van der Waals surface area contributed by atoms with Crippen molar-refractivity contribution in [2.45, 2.75) is 13.8 Å². The highest BCUT2D eigenvalue weighted by molar-refractivity contribution is 7.25. The topological polar surface area (TPSA) is 86.1 Å². The lowest BCUT2D eigenvalue weighted by atomic mass is 10.1. The molecule has 7 nitrogen and oxygen atoms in total. The molecule has 0 aliphatic carbocycles. The van der Waals surface area contributed by atoms with Crippen LogP contribution in [0.25, 0.3) is 26.1 Å². The van der Waals surface area contributed by atoms with E-state index in [1.807, 2.05) is 19.9 Å². The van der Waals surface area contributed by atoms with E-state index in [2.05, 4.69) is 15.3 Å². The van der Waals surface area contributed by atoms with Gasteiger partial charge in [0.1, 0.15) is 21.6 Å². The van der Waals surface area contributed by atoms with Crippen molar-refractivity contribution < 1.29 is 9.53 Å². The van der Waals surface area contributed by atoms with E-state index in [0.717, 1.165) is 21.5 Å². The number of anilines is 1. The van der Waals surface area contributed by atoms with Gasteiger partial charge in [-0.3, -0.25) is 14.2 Å². The number of pyridine rings is 1. The van der Waals surface area contributed by atoms with E-state index in [-0.39, 0.29) is 11.5 Å². The van der Waals surface area contributed by atoms with Crippen LogP contribution in [0.1, 0.15) is 21.6 Å². The maximum atomic E-state index is 13.3. The molecule has 0 spiro atoms.